The molecule has 2 N–H and O–H groups in total. The molecule has 0 fully saturated rings. The highest BCUT2D eigenvalue weighted by Gasteiger charge is 2.09. The molecule has 0 radical (unpaired) electrons. The summed E-state index contributed by atoms with van der Waals surface area (Å²) >= 11 is 0. The van der Waals surface area contributed by atoms with Crippen LogP contribution in [0, 0.1) is 5.82 Å². The van der Waals surface area contributed by atoms with Crippen LogP contribution in [-0.4, -0.2) is 15.9 Å². The minimum absolute atomic E-state index is 0.290. The summed E-state index contributed by atoms with van der Waals surface area (Å²) in [5.74, 6) is 0.0734. The Labute approximate surface area is 143 Å². The van der Waals surface area contributed by atoms with Crippen LogP contribution in [0.1, 0.15) is 10.4 Å². The molecular weight excluding hydrogens is 317 g/mol. The molecule has 25 heavy (non-hydrogen) atoms. The van der Waals surface area contributed by atoms with Crippen LogP contribution in [0.3, 0.4) is 0 Å². The van der Waals surface area contributed by atoms with E-state index in [2.05, 4.69) is 15.3 Å². The molecule has 0 unspecified atom stereocenters. The summed E-state index contributed by atoms with van der Waals surface area (Å²) in [6.45, 7) is 0. The van der Waals surface area contributed by atoms with Gasteiger partial charge in [-0.2, -0.15) is 0 Å². The fraction of sp³-hybridized carbons (Fsp3) is 0. The van der Waals surface area contributed by atoms with E-state index < -0.39 is 0 Å². The number of H-pyrrole nitrogens is 1. The van der Waals surface area contributed by atoms with Gasteiger partial charge in [0.2, 0.25) is 0 Å². The molecule has 0 atom stereocenters. The Balaban J connectivity index is 1.60. The minimum atomic E-state index is -0.372. The van der Waals surface area contributed by atoms with Gasteiger partial charge in [0.15, 0.2) is 0 Å². The summed E-state index contributed by atoms with van der Waals surface area (Å²) in [6.07, 6.45) is 0. The van der Waals surface area contributed by atoms with Crippen molar-refractivity contribution in [3.8, 4) is 11.4 Å². The van der Waals surface area contributed by atoms with Crippen LogP contribution in [0.2, 0.25) is 0 Å². The van der Waals surface area contributed by atoms with Gasteiger partial charge in [-0.3, -0.25) is 4.79 Å². The molecule has 1 aromatic heterocycles. The molecule has 1 heterocycles. The summed E-state index contributed by atoms with van der Waals surface area (Å²) in [5.41, 5.74) is 3.76. The highest BCUT2D eigenvalue weighted by molar-refractivity contribution is 6.04. The number of carbonyl (C=O) groups excluding carboxylic acids is 1. The van der Waals surface area contributed by atoms with Gasteiger partial charge >= 0.3 is 0 Å². The predicted molar refractivity (Wildman–Crippen MR) is 95.9 cm³/mol. The van der Waals surface area contributed by atoms with Gasteiger partial charge in [0.05, 0.1) is 11.0 Å². The number of rotatable bonds is 3. The van der Waals surface area contributed by atoms with Crippen LogP contribution in [0.15, 0.2) is 72.8 Å². The van der Waals surface area contributed by atoms with Crippen molar-refractivity contribution in [1.29, 1.82) is 0 Å². The second kappa shape index (κ2) is 6.20. The quantitative estimate of drug-likeness (QED) is 0.575. The van der Waals surface area contributed by atoms with Crippen molar-refractivity contribution in [2.75, 3.05) is 5.32 Å². The molecule has 5 heteroatoms. The first kappa shape index (κ1) is 15.1. The maximum atomic E-state index is 13.0. The number of halogens is 1. The Morgan fingerprint density at radius 2 is 1.76 bits per heavy atom. The van der Waals surface area contributed by atoms with Crippen molar-refractivity contribution >= 4 is 22.6 Å². The first-order valence-electron chi connectivity index (χ1n) is 7.81. The number of hydrogen-bond acceptors (Lipinski definition) is 2. The van der Waals surface area contributed by atoms with Gasteiger partial charge < -0.3 is 10.3 Å². The maximum absolute atomic E-state index is 13.0. The zero-order valence-electron chi connectivity index (χ0n) is 13.2. The number of nitrogens with one attached hydrogen (secondary N) is 2. The van der Waals surface area contributed by atoms with Gasteiger partial charge in [-0.25, -0.2) is 9.37 Å². The van der Waals surface area contributed by atoms with Gasteiger partial charge in [-0.05, 0) is 48.5 Å². The maximum Gasteiger partial charge on any atom is 0.255 e. The number of nitrogens with zero attached hydrogens (tertiary/aromatic N) is 1. The highest BCUT2D eigenvalue weighted by atomic mass is 19.1. The van der Waals surface area contributed by atoms with Crippen LogP contribution in [-0.2, 0) is 0 Å². The van der Waals surface area contributed by atoms with E-state index in [1.807, 2.05) is 42.5 Å². The number of fused-ring (bicyclic) bond motifs is 1. The molecule has 4 rings (SSSR count). The molecule has 4 nitrogen and oxygen atoms in total. The summed E-state index contributed by atoms with van der Waals surface area (Å²) in [7, 11) is 0. The van der Waals surface area contributed by atoms with Gasteiger partial charge in [0.1, 0.15) is 11.6 Å². The fourth-order valence-corrected chi connectivity index (χ4v) is 2.64. The number of aromatic amines is 1. The lowest BCUT2D eigenvalue weighted by molar-refractivity contribution is 0.102. The monoisotopic (exact) mass is 331 g/mol. The molecule has 0 aliphatic heterocycles. The number of benzene rings is 3. The average Bonchev–Trinajstić information content (AvgIpc) is 3.07. The SMILES string of the molecule is O=C(Nc1cccc(-c2nc3ccccc3[nH]2)c1)c1ccc(F)cc1. The summed E-state index contributed by atoms with van der Waals surface area (Å²) in [6, 6.07) is 20.6. The molecule has 4 aromatic rings. The molecule has 3 aromatic carbocycles. The molecular formula is C20H14FN3O. The normalized spacial score (nSPS) is 10.8. The van der Waals surface area contributed by atoms with E-state index in [9.17, 15) is 9.18 Å². The average molecular weight is 331 g/mol. The molecule has 0 saturated heterocycles. The van der Waals surface area contributed by atoms with E-state index in [4.69, 9.17) is 0 Å². The van der Waals surface area contributed by atoms with Crippen LogP contribution >= 0.6 is 0 Å². The lowest BCUT2D eigenvalue weighted by atomic mass is 10.1. The smallest absolute Gasteiger partial charge is 0.255 e. The highest BCUT2D eigenvalue weighted by Crippen LogP contribution is 2.23. The van der Waals surface area contributed by atoms with E-state index in [-0.39, 0.29) is 11.7 Å². The Kier molecular flexibility index (Phi) is 3.74. The largest absolute Gasteiger partial charge is 0.338 e. The molecule has 1 amide bonds. The van der Waals surface area contributed by atoms with Crippen LogP contribution in [0.4, 0.5) is 10.1 Å². The number of para-hydroxylation sites is 2. The Hall–Kier alpha value is -3.47. The number of amides is 1. The molecule has 0 aliphatic rings. The van der Waals surface area contributed by atoms with Gasteiger partial charge in [0, 0.05) is 16.8 Å². The summed E-state index contributed by atoms with van der Waals surface area (Å²) in [5, 5.41) is 2.82. The molecule has 0 spiro atoms. The second-order valence-electron chi connectivity index (χ2n) is 5.64. The van der Waals surface area contributed by atoms with Gasteiger partial charge in [0.25, 0.3) is 5.91 Å². The van der Waals surface area contributed by atoms with E-state index in [1.165, 1.54) is 24.3 Å². The number of aromatic nitrogens is 2. The first-order chi connectivity index (χ1) is 12.2. The summed E-state index contributed by atoms with van der Waals surface area (Å²) in [4.78, 5) is 20.1. The Bertz CT molecular complexity index is 1020. The standard InChI is InChI=1S/C20H14FN3O/c21-15-10-8-13(9-11-15)20(25)22-16-5-3-4-14(12-16)19-23-17-6-1-2-7-18(17)24-19/h1-12H,(H,22,25)(H,23,24). The van der Waals surface area contributed by atoms with Crippen molar-refractivity contribution in [2.24, 2.45) is 0 Å². The van der Waals surface area contributed by atoms with Gasteiger partial charge in [-0.15, -0.1) is 0 Å². The number of anilines is 1. The van der Waals surface area contributed by atoms with E-state index in [0.29, 0.717) is 11.3 Å². The van der Waals surface area contributed by atoms with Gasteiger partial charge in [-0.1, -0.05) is 24.3 Å². The van der Waals surface area contributed by atoms with E-state index >= 15 is 0 Å². The van der Waals surface area contributed by atoms with E-state index in [1.54, 1.807) is 6.07 Å². The predicted octanol–water partition coefficient (Wildman–Crippen LogP) is 4.62. The second-order valence-corrected chi connectivity index (χ2v) is 5.64. The van der Waals surface area contributed by atoms with Crippen molar-refractivity contribution in [1.82, 2.24) is 9.97 Å². The third-order valence-corrected chi connectivity index (χ3v) is 3.89. The third kappa shape index (κ3) is 3.12. The van der Waals surface area contributed by atoms with Crippen molar-refractivity contribution < 1.29 is 9.18 Å². The molecule has 0 bridgehead atoms. The summed E-state index contributed by atoms with van der Waals surface area (Å²) < 4.78 is 13.0. The van der Waals surface area contributed by atoms with Crippen molar-refractivity contribution in [3.63, 3.8) is 0 Å². The molecule has 122 valence electrons. The zero-order valence-corrected chi connectivity index (χ0v) is 13.2. The van der Waals surface area contributed by atoms with Crippen LogP contribution in [0.25, 0.3) is 22.4 Å². The van der Waals surface area contributed by atoms with Crippen molar-refractivity contribution in [2.45, 2.75) is 0 Å². The number of hydrogen-bond donors (Lipinski definition) is 2. The van der Waals surface area contributed by atoms with Crippen LogP contribution < -0.4 is 5.32 Å². The Morgan fingerprint density at radius 1 is 0.960 bits per heavy atom. The molecule has 0 aliphatic carbocycles. The number of imidazole rings is 1. The van der Waals surface area contributed by atoms with Crippen molar-refractivity contribution in [3.05, 3.63) is 84.2 Å². The zero-order chi connectivity index (χ0) is 17.2. The lowest BCUT2D eigenvalue weighted by Crippen LogP contribution is -2.11. The number of carbonyl (C=O) groups is 1. The third-order valence-electron chi connectivity index (χ3n) is 3.89. The van der Waals surface area contributed by atoms with E-state index in [0.717, 1.165) is 22.4 Å². The first-order valence-corrected chi connectivity index (χ1v) is 7.81. The Morgan fingerprint density at radius 3 is 2.56 bits per heavy atom. The topological polar surface area (TPSA) is 57.8 Å². The van der Waals surface area contributed by atoms with Crippen LogP contribution in [0.5, 0.6) is 0 Å². The fourth-order valence-electron chi connectivity index (χ4n) is 2.64. The minimum Gasteiger partial charge on any atom is -0.338 e. The lowest BCUT2D eigenvalue weighted by Gasteiger charge is -2.06. The molecule has 0 saturated carbocycles.